The Labute approximate surface area is 123 Å². The van der Waals surface area contributed by atoms with Gasteiger partial charge in [-0.1, -0.05) is 31.5 Å². The van der Waals surface area contributed by atoms with Gasteiger partial charge in [0.05, 0.1) is 5.60 Å². The highest BCUT2D eigenvalue weighted by Crippen LogP contribution is 2.29. The molecule has 20 heavy (non-hydrogen) atoms. The number of hydrogen-bond acceptors (Lipinski definition) is 3. The monoisotopic (exact) mass is 276 g/mol. The first-order valence-electron chi connectivity index (χ1n) is 7.68. The van der Waals surface area contributed by atoms with Crippen LogP contribution in [0.25, 0.3) is 0 Å². The molecule has 0 amide bonds. The van der Waals surface area contributed by atoms with Gasteiger partial charge in [-0.3, -0.25) is 0 Å². The minimum absolute atomic E-state index is 0.489. The summed E-state index contributed by atoms with van der Waals surface area (Å²) in [5, 5.41) is 13.6. The van der Waals surface area contributed by atoms with Gasteiger partial charge in [0, 0.05) is 31.4 Å². The predicted molar refractivity (Wildman–Crippen MR) is 85.2 cm³/mol. The number of nitrogens with one attached hydrogen (secondary N) is 1. The van der Waals surface area contributed by atoms with Crippen molar-refractivity contribution in [3.8, 4) is 0 Å². The number of aryl methyl sites for hydroxylation is 1. The normalized spacial score (nSPS) is 18.6. The minimum Gasteiger partial charge on any atom is -0.390 e. The van der Waals surface area contributed by atoms with Crippen molar-refractivity contribution in [3.05, 3.63) is 29.3 Å². The van der Waals surface area contributed by atoms with Crippen molar-refractivity contribution in [1.29, 1.82) is 0 Å². The van der Waals surface area contributed by atoms with E-state index in [4.69, 9.17) is 0 Å². The fourth-order valence-electron chi connectivity index (χ4n) is 2.71. The third-order valence-corrected chi connectivity index (χ3v) is 4.12. The summed E-state index contributed by atoms with van der Waals surface area (Å²) in [6.07, 6.45) is 1.69. The lowest BCUT2D eigenvalue weighted by Gasteiger charge is -2.38. The van der Waals surface area contributed by atoms with Crippen LogP contribution in [-0.4, -0.2) is 29.8 Å². The standard InChI is InChI=1S/C17H28N2O/c1-13(2)18-12-15-11-14(3)5-6-16(15)19-9-7-17(4,20)8-10-19/h5-6,11,13,18,20H,7-10,12H2,1-4H3. The zero-order valence-electron chi connectivity index (χ0n) is 13.2. The smallest absolute Gasteiger partial charge is 0.0653 e. The number of anilines is 1. The average Bonchev–Trinajstić information content (AvgIpc) is 2.37. The molecule has 0 bridgehead atoms. The van der Waals surface area contributed by atoms with Gasteiger partial charge < -0.3 is 15.3 Å². The lowest BCUT2D eigenvalue weighted by Crippen LogP contribution is -2.43. The van der Waals surface area contributed by atoms with E-state index in [0.717, 1.165) is 32.5 Å². The molecule has 2 rings (SSSR count). The fraction of sp³-hybridized carbons (Fsp3) is 0.647. The molecule has 1 saturated heterocycles. The van der Waals surface area contributed by atoms with Crippen molar-refractivity contribution >= 4 is 5.69 Å². The van der Waals surface area contributed by atoms with E-state index in [-0.39, 0.29) is 0 Å². The summed E-state index contributed by atoms with van der Waals surface area (Å²) in [4.78, 5) is 2.41. The second kappa shape index (κ2) is 6.15. The molecule has 0 aliphatic carbocycles. The Balaban J connectivity index is 2.14. The van der Waals surface area contributed by atoms with Gasteiger partial charge in [0.15, 0.2) is 0 Å². The summed E-state index contributed by atoms with van der Waals surface area (Å²) < 4.78 is 0. The van der Waals surface area contributed by atoms with Gasteiger partial charge in [-0.15, -0.1) is 0 Å². The summed E-state index contributed by atoms with van der Waals surface area (Å²) in [5.41, 5.74) is 3.50. The summed E-state index contributed by atoms with van der Waals surface area (Å²) in [5.74, 6) is 0. The molecular weight excluding hydrogens is 248 g/mol. The molecule has 2 N–H and O–H groups in total. The molecule has 0 aromatic heterocycles. The zero-order valence-corrected chi connectivity index (χ0v) is 13.2. The minimum atomic E-state index is -0.489. The third-order valence-electron chi connectivity index (χ3n) is 4.12. The molecule has 1 fully saturated rings. The van der Waals surface area contributed by atoms with Crippen molar-refractivity contribution in [1.82, 2.24) is 5.32 Å². The molecule has 0 radical (unpaired) electrons. The van der Waals surface area contributed by atoms with Gasteiger partial charge in [0.25, 0.3) is 0 Å². The Morgan fingerprint density at radius 3 is 2.55 bits per heavy atom. The Kier molecular flexibility index (Phi) is 4.71. The van der Waals surface area contributed by atoms with Crippen LogP contribution in [-0.2, 0) is 6.54 Å². The van der Waals surface area contributed by atoms with Gasteiger partial charge in [-0.2, -0.15) is 0 Å². The molecule has 1 aliphatic rings. The van der Waals surface area contributed by atoms with Crippen molar-refractivity contribution < 1.29 is 5.11 Å². The van der Waals surface area contributed by atoms with Crippen LogP contribution >= 0.6 is 0 Å². The first-order valence-corrected chi connectivity index (χ1v) is 7.68. The van der Waals surface area contributed by atoms with Crippen molar-refractivity contribution in [2.75, 3.05) is 18.0 Å². The summed E-state index contributed by atoms with van der Waals surface area (Å²) in [7, 11) is 0. The molecule has 0 spiro atoms. The van der Waals surface area contributed by atoms with Crippen LogP contribution in [0.4, 0.5) is 5.69 Å². The molecule has 1 aromatic carbocycles. The van der Waals surface area contributed by atoms with Crippen LogP contribution in [0.2, 0.25) is 0 Å². The lowest BCUT2D eigenvalue weighted by molar-refractivity contribution is 0.0351. The SMILES string of the molecule is Cc1ccc(N2CCC(C)(O)CC2)c(CNC(C)C)c1. The number of piperidine rings is 1. The maximum atomic E-state index is 10.1. The van der Waals surface area contributed by atoms with Crippen molar-refractivity contribution in [2.24, 2.45) is 0 Å². The number of nitrogens with zero attached hydrogens (tertiary/aromatic N) is 1. The molecular formula is C17H28N2O. The Morgan fingerprint density at radius 1 is 1.30 bits per heavy atom. The van der Waals surface area contributed by atoms with E-state index in [1.807, 2.05) is 6.92 Å². The van der Waals surface area contributed by atoms with E-state index in [9.17, 15) is 5.11 Å². The molecule has 1 aliphatic heterocycles. The fourth-order valence-corrected chi connectivity index (χ4v) is 2.71. The first kappa shape index (κ1) is 15.3. The van der Waals surface area contributed by atoms with Gasteiger partial charge in [0.2, 0.25) is 0 Å². The Hall–Kier alpha value is -1.06. The third kappa shape index (κ3) is 3.97. The second-order valence-electron chi connectivity index (χ2n) is 6.65. The maximum absolute atomic E-state index is 10.1. The molecule has 0 saturated carbocycles. The molecule has 0 atom stereocenters. The Bertz CT molecular complexity index is 444. The largest absolute Gasteiger partial charge is 0.390 e. The summed E-state index contributed by atoms with van der Waals surface area (Å²) in [6, 6.07) is 7.18. The average molecular weight is 276 g/mol. The van der Waals surface area contributed by atoms with Gasteiger partial charge in [-0.25, -0.2) is 0 Å². The highest BCUT2D eigenvalue weighted by atomic mass is 16.3. The second-order valence-corrected chi connectivity index (χ2v) is 6.65. The van der Waals surface area contributed by atoms with Gasteiger partial charge in [0.1, 0.15) is 0 Å². The molecule has 1 heterocycles. The van der Waals surface area contributed by atoms with E-state index in [0.29, 0.717) is 6.04 Å². The van der Waals surface area contributed by atoms with Gasteiger partial charge in [-0.05, 0) is 38.3 Å². The molecule has 112 valence electrons. The first-order chi connectivity index (χ1) is 9.37. The van der Waals surface area contributed by atoms with E-state index in [2.05, 4.69) is 49.2 Å². The molecule has 1 aromatic rings. The van der Waals surface area contributed by atoms with Crippen LogP contribution in [0.1, 0.15) is 44.7 Å². The van der Waals surface area contributed by atoms with Crippen LogP contribution in [0.5, 0.6) is 0 Å². The predicted octanol–water partition coefficient (Wildman–Crippen LogP) is 2.84. The quantitative estimate of drug-likeness (QED) is 0.887. The molecule has 0 unspecified atom stereocenters. The van der Waals surface area contributed by atoms with Crippen LogP contribution in [0.15, 0.2) is 18.2 Å². The van der Waals surface area contributed by atoms with E-state index >= 15 is 0 Å². The number of hydrogen-bond donors (Lipinski definition) is 2. The topological polar surface area (TPSA) is 35.5 Å². The van der Waals surface area contributed by atoms with Crippen molar-refractivity contribution in [3.63, 3.8) is 0 Å². The zero-order chi connectivity index (χ0) is 14.8. The lowest BCUT2D eigenvalue weighted by atomic mass is 9.93. The number of aliphatic hydroxyl groups is 1. The van der Waals surface area contributed by atoms with Crippen LogP contribution in [0, 0.1) is 6.92 Å². The van der Waals surface area contributed by atoms with E-state index in [1.165, 1.54) is 16.8 Å². The van der Waals surface area contributed by atoms with Crippen LogP contribution in [0.3, 0.4) is 0 Å². The van der Waals surface area contributed by atoms with Gasteiger partial charge >= 0.3 is 0 Å². The number of rotatable bonds is 4. The van der Waals surface area contributed by atoms with Crippen molar-refractivity contribution in [2.45, 2.75) is 58.7 Å². The highest BCUT2D eigenvalue weighted by molar-refractivity contribution is 5.55. The van der Waals surface area contributed by atoms with Crippen LogP contribution < -0.4 is 10.2 Å². The number of benzene rings is 1. The molecule has 3 nitrogen and oxygen atoms in total. The van der Waals surface area contributed by atoms with E-state index < -0.39 is 5.60 Å². The maximum Gasteiger partial charge on any atom is 0.0653 e. The summed E-state index contributed by atoms with van der Waals surface area (Å²) in [6.45, 7) is 11.2. The molecule has 3 heteroatoms. The highest BCUT2D eigenvalue weighted by Gasteiger charge is 2.28. The summed E-state index contributed by atoms with van der Waals surface area (Å²) >= 11 is 0. The Morgan fingerprint density at radius 2 is 1.95 bits per heavy atom. The van der Waals surface area contributed by atoms with E-state index in [1.54, 1.807) is 0 Å².